The van der Waals surface area contributed by atoms with E-state index in [1.165, 1.54) is 0 Å². The number of piperidine rings is 1. The van der Waals surface area contributed by atoms with E-state index < -0.39 is 11.9 Å². The first-order valence-electron chi connectivity index (χ1n) is 7.95. The molecule has 0 bridgehead atoms. The third-order valence-electron chi connectivity index (χ3n) is 5.05. The van der Waals surface area contributed by atoms with E-state index in [1.807, 2.05) is 30.3 Å². The monoisotopic (exact) mass is 337 g/mol. The van der Waals surface area contributed by atoms with E-state index in [2.05, 4.69) is 10.6 Å². The van der Waals surface area contributed by atoms with Crippen LogP contribution in [0.2, 0.25) is 0 Å². The molecule has 1 aromatic rings. The Bertz CT molecular complexity index is 558. The molecule has 0 aromatic heterocycles. The molecular formula is C17H24ClN3O2. The van der Waals surface area contributed by atoms with Crippen LogP contribution in [-0.4, -0.2) is 30.9 Å². The third kappa shape index (κ3) is 4.03. The summed E-state index contributed by atoms with van der Waals surface area (Å²) >= 11 is 0. The van der Waals surface area contributed by atoms with Gasteiger partial charge in [0, 0.05) is 12.3 Å². The maximum Gasteiger partial charge on any atom is 0.240 e. The Morgan fingerprint density at radius 1 is 1.26 bits per heavy atom. The number of carbonyl (C=O) groups is 2. The van der Waals surface area contributed by atoms with E-state index in [9.17, 15) is 9.59 Å². The van der Waals surface area contributed by atoms with Crippen LogP contribution in [0.5, 0.6) is 0 Å². The van der Waals surface area contributed by atoms with Gasteiger partial charge in [0.1, 0.15) is 6.04 Å². The molecule has 6 heteroatoms. The van der Waals surface area contributed by atoms with Gasteiger partial charge in [0.05, 0.1) is 0 Å². The number of hydrogen-bond donors (Lipinski definition) is 3. The van der Waals surface area contributed by atoms with Crippen molar-refractivity contribution >= 4 is 24.2 Å². The van der Waals surface area contributed by atoms with E-state index in [0.29, 0.717) is 6.42 Å². The van der Waals surface area contributed by atoms with Crippen molar-refractivity contribution in [3.8, 4) is 0 Å². The molecule has 1 aliphatic carbocycles. The fraction of sp³-hybridized carbons (Fsp3) is 0.529. The second kappa shape index (κ2) is 7.32. The van der Waals surface area contributed by atoms with Crippen molar-refractivity contribution < 1.29 is 9.59 Å². The number of rotatable bonds is 5. The molecule has 1 saturated carbocycles. The number of carbonyl (C=O) groups excluding carboxylic acids is 2. The summed E-state index contributed by atoms with van der Waals surface area (Å²) in [4.78, 5) is 24.1. The van der Waals surface area contributed by atoms with Crippen LogP contribution in [0, 0.1) is 11.3 Å². The Kier molecular flexibility index (Phi) is 5.65. The van der Waals surface area contributed by atoms with Crippen LogP contribution >= 0.6 is 12.4 Å². The first-order valence-corrected chi connectivity index (χ1v) is 7.95. The van der Waals surface area contributed by atoms with Crippen molar-refractivity contribution in [1.82, 2.24) is 10.6 Å². The van der Waals surface area contributed by atoms with Crippen LogP contribution in [-0.2, 0) is 16.0 Å². The van der Waals surface area contributed by atoms with Gasteiger partial charge in [-0.3, -0.25) is 9.59 Å². The molecule has 126 valence electrons. The van der Waals surface area contributed by atoms with Crippen LogP contribution in [0.3, 0.4) is 0 Å². The van der Waals surface area contributed by atoms with Crippen molar-refractivity contribution in [2.75, 3.05) is 13.1 Å². The van der Waals surface area contributed by atoms with E-state index in [1.54, 1.807) is 0 Å². The molecule has 1 heterocycles. The summed E-state index contributed by atoms with van der Waals surface area (Å²) in [6, 6.07) is 9.00. The Morgan fingerprint density at radius 2 is 1.91 bits per heavy atom. The molecule has 5 nitrogen and oxygen atoms in total. The van der Waals surface area contributed by atoms with Gasteiger partial charge < -0.3 is 16.4 Å². The standard InChI is InChI=1S/C17H23N3O2.ClH/c18-15(21)14(10-12-4-2-1-3-5-12)20-16(22)13-11-17(13)6-8-19-9-7-17;/h1-5,13-14,19H,6-11H2,(H2,18,21)(H,20,22);1H. The van der Waals surface area contributed by atoms with Gasteiger partial charge >= 0.3 is 0 Å². The predicted molar refractivity (Wildman–Crippen MR) is 91.2 cm³/mol. The minimum absolute atomic E-state index is 0. The zero-order valence-corrected chi connectivity index (χ0v) is 13.9. The maximum atomic E-state index is 12.4. The quantitative estimate of drug-likeness (QED) is 0.749. The van der Waals surface area contributed by atoms with Gasteiger partial charge in [-0.25, -0.2) is 0 Å². The summed E-state index contributed by atoms with van der Waals surface area (Å²) in [6.07, 6.45) is 3.48. The predicted octanol–water partition coefficient (Wildman–Crippen LogP) is 1.01. The number of amides is 2. The molecule has 2 aliphatic rings. The number of halogens is 1. The molecule has 2 amide bonds. The lowest BCUT2D eigenvalue weighted by Crippen LogP contribution is -2.47. The number of benzene rings is 1. The Morgan fingerprint density at radius 3 is 2.52 bits per heavy atom. The molecule has 2 atom stereocenters. The van der Waals surface area contributed by atoms with Crippen LogP contribution in [0.1, 0.15) is 24.8 Å². The third-order valence-corrected chi connectivity index (χ3v) is 5.05. The van der Waals surface area contributed by atoms with Crippen LogP contribution in [0.25, 0.3) is 0 Å². The van der Waals surface area contributed by atoms with Crippen molar-refractivity contribution in [3.05, 3.63) is 35.9 Å². The smallest absolute Gasteiger partial charge is 0.240 e. The highest BCUT2D eigenvalue weighted by molar-refractivity contribution is 5.89. The first-order chi connectivity index (χ1) is 10.6. The SMILES string of the molecule is Cl.NC(=O)C(Cc1ccccc1)NC(=O)C1CC12CCNCC2. The maximum absolute atomic E-state index is 12.4. The van der Waals surface area contributed by atoms with Crippen LogP contribution in [0.4, 0.5) is 0 Å². The fourth-order valence-electron chi connectivity index (χ4n) is 3.54. The number of nitrogens with two attached hydrogens (primary N) is 1. The van der Waals surface area contributed by atoms with Crippen LogP contribution in [0.15, 0.2) is 30.3 Å². The second-order valence-electron chi connectivity index (χ2n) is 6.52. The van der Waals surface area contributed by atoms with Gasteiger partial charge in [0.2, 0.25) is 11.8 Å². The fourth-order valence-corrected chi connectivity index (χ4v) is 3.54. The highest BCUT2D eigenvalue weighted by Gasteiger charge is 2.57. The van der Waals surface area contributed by atoms with Gasteiger partial charge in [0.15, 0.2) is 0 Å². The molecular weight excluding hydrogens is 314 g/mol. The van der Waals surface area contributed by atoms with Gasteiger partial charge in [-0.1, -0.05) is 30.3 Å². The molecule has 4 N–H and O–H groups in total. The van der Waals surface area contributed by atoms with E-state index in [-0.39, 0.29) is 29.6 Å². The number of nitrogens with one attached hydrogen (secondary N) is 2. The summed E-state index contributed by atoms with van der Waals surface area (Å²) in [6.45, 7) is 1.96. The molecule has 2 fully saturated rings. The number of primary amides is 1. The molecule has 1 aliphatic heterocycles. The Hall–Kier alpha value is -1.59. The Balaban J connectivity index is 0.00000192. The summed E-state index contributed by atoms with van der Waals surface area (Å²) in [5, 5.41) is 6.19. The van der Waals surface area contributed by atoms with Crippen molar-refractivity contribution in [3.63, 3.8) is 0 Å². The minimum Gasteiger partial charge on any atom is -0.368 e. The van der Waals surface area contributed by atoms with Crippen molar-refractivity contribution in [2.24, 2.45) is 17.1 Å². The van der Waals surface area contributed by atoms with Crippen LogP contribution < -0.4 is 16.4 Å². The lowest BCUT2D eigenvalue weighted by Gasteiger charge is -2.24. The Labute approximate surface area is 142 Å². The van der Waals surface area contributed by atoms with E-state index in [4.69, 9.17) is 5.73 Å². The highest BCUT2D eigenvalue weighted by Crippen LogP contribution is 2.58. The molecule has 2 unspecified atom stereocenters. The lowest BCUT2D eigenvalue weighted by molar-refractivity contribution is -0.128. The van der Waals surface area contributed by atoms with Gasteiger partial charge in [-0.05, 0) is 43.3 Å². The summed E-state index contributed by atoms with van der Waals surface area (Å²) in [7, 11) is 0. The number of hydrogen-bond acceptors (Lipinski definition) is 3. The second-order valence-corrected chi connectivity index (χ2v) is 6.52. The summed E-state index contributed by atoms with van der Waals surface area (Å²) < 4.78 is 0. The zero-order valence-electron chi connectivity index (χ0n) is 13.1. The average Bonchev–Trinajstić information content (AvgIpc) is 3.21. The minimum atomic E-state index is -0.630. The molecule has 1 aromatic carbocycles. The first kappa shape index (κ1) is 17.8. The molecule has 3 rings (SSSR count). The zero-order chi connectivity index (χ0) is 15.6. The largest absolute Gasteiger partial charge is 0.368 e. The van der Waals surface area contributed by atoms with Gasteiger partial charge in [0.25, 0.3) is 0 Å². The highest BCUT2D eigenvalue weighted by atomic mass is 35.5. The molecule has 1 saturated heterocycles. The molecule has 23 heavy (non-hydrogen) atoms. The summed E-state index contributed by atoms with van der Waals surface area (Å²) in [5.41, 5.74) is 6.63. The molecule has 1 spiro atoms. The molecule has 0 radical (unpaired) electrons. The normalized spacial score (nSPS) is 22.7. The van der Waals surface area contributed by atoms with E-state index >= 15 is 0 Å². The average molecular weight is 338 g/mol. The lowest BCUT2D eigenvalue weighted by atomic mass is 9.91. The van der Waals surface area contributed by atoms with Gasteiger partial charge in [-0.15, -0.1) is 12.4 Å². The van der Waals surface area contributed by atoms with Gasteiger partial charge in [-0.2, -0.15) is 0 Å². The van der Waals surface area contributed by atoms with E-state index in [0.717, 1.165) is 37.9 Å². The van der Waals surface area contributed by atoms with Crippen molar-refractivity contribution in [2.45, 2.75) is 31.7 Å². The van der Waals surface area contributed by atoms with Crippen molar-refractivity contribution in [1.29, 1.82) is 0 Å². The topological polar surface area (TPSA) is 84.2 Å². The summed E-state index contributed by atoms with van der Waals surface area (Å²) in [5.74, 6) is -0.439.